The number of carbonyl (C=O) groups is 1. The summed E-state index contributed by atoms with van der Waals surface area (Å²) in [5.41, 5.74) is 0.213. The van der Waals surface area contributed by atoms with E-state index in [0.717, 1.165) is 19.3 Å². The van der Waals surface area contributed by atoms with Gasteiger partial charge in [0.2, 0.25) is 0 Å². The molecule has 0 saturated carbocycles. The van der Waals surface area contributed by atoms with Gasteiger partial charge in [-0.15, -0.1) is 0 Å². The maximum atomic E-state index is 12.4. The van der Waals surface area contributed by atoms with Gasteiger partial charge in [-0.1, -0.05) is 0 Å². The number of fused-ring (bicyclic) bond motifs is 1. The molecular formula is C19H25N3O6. The van der Waals surface area contributed by atoms with Gasteiger partial charge in [-0.3, -0.25) is 10.1 Å². The Morgan fingerprint density at radius 2 is 2.18 bits per heavy atom. The third-order valence-corrected chi connectivity index (χ3v) is 4.49. The number of aromatic nitrogens is 1. The highest BCUT2D eigenvalue weighted by atomic mass is 16.6. The highest BCUT2D eigenvalue weighted by Gasteiger charge is 2.30. The highest BCUT2D eigenvalue weighted by Crippen LogP contribution is 2.26. The number of carbonyl (C=O) groups excluding carboxylic acids is 1. The Morgan fingerprint density at radius 3 is 2.89 bits per heavy atom. The van der Waals surface area contributed by atoms with E-state index in [1.165, 1.54) is 18.2 Å². The van der Waals surface area contributed by atoms with Crippen LogP contribution in [0.25, 0.3) is 11.1 Å². The number of ether oxygens (including phenoxy) is 2. The van der Waals surface area contributed by atoms with Crippen LogP contribution in [0.4, 0.5) is 10.5 Å². The van der Waals surface area contributed by atoms with E-state index in [1.807, 2.05) is 20.8 Å². The summed E-state index contributed by atoms with van der Waals surface area (Å²) in [5, 5.41) is 10.8. The maximum Gasteiger partial charge on any atom is 0.410 e. The van der Waals surface area contributed by atoms with Gasteiger partial charge in [0.15, 0.2) is 5.58 Å². The number of nitro groups is 1. The fourth-order valence-corrected chi connectivity index (χ4v) is 3.21. The minimum Gasteiger partial charge on any atom is -0.450 e. The van der Waals surface area contributed by atoms with Crippen molar-refractivity contribution >= 4 is 22.9 Å². The number of non-ortho nitro benzene ring substituents is 1. The summed E-state index contributed by atoms with van der Waals surface area (Å²) in [6.45, 7) is 6.55. The molecule has 1 aromatic carbocycles. The van der Waals surface area contributed by atoms with Gasteiger partial charge in [0.25, 0.3) is 5.69 Å². The number of rotatable bonds is 5. The average molecular weight is 391 g/mol. The molecule has 0 unspecified atom stereocenters. The minimum atomic E-state index is -0.531. The standard InChI is InChI=1S/C19H25N3O6/c1-19(2,3)28-18(23)21-10-5-4-6-13(21)9-11-26-17-20-15-12-14(22(24)25)7-8-16(15)27-17/h7-8,12-13H,4-6,9-11H2,1-3H3/t13-/m1/s1. The van der Waals surface area contributed by atoms with Crippen molar-refractivity contribution in [1.29, 1.82) is 0 Å². The molecule has 28 heavy (non-hydrogen) atoms. The van der Waals surface area contributed by atoms with Crippen molar-refractivity contribution in [3.8, 4) is 6.08 Å². The molecule has 0 bridgehead atoms. The second-order valence-electron chi connectivity index (χ2n) is 7.85. The van der Waals surface area contributed by atoms with E-state index >= 15 is 0 Å². The van der Waals surface area contributed by atoms with Crippen LogP contribution < -0.4 is 4.74 Å². The maximum absolute atomic E-state index is 12.4. The molecule has 1 amide bonds. The summed E-state index contributed by atoms with van der Waals surface area (Å²) < 4.78 is 16.6. The normalized spacial score (nSPS) is 17.5. The Hall–Kier alpha value is -2.84. The van der Waals surface area contributed by atoms with Crippen LogP contribution in [-0.4, -0.2) is 45.7 Å². The molecule has 152 valence electrons. The number of amides is 1. The number of oxazole rings is 1. The van der Waals surface area contributed by atoms with Gasteiger partial charge in [-0.05, 0) is 46.1 Å². The van der Waals surface area contributed by atoms with Crippen LogP contribution in [0.15, 0.2) is 22.6 Å². The number of piperidine rings is 1. The van der Waals surface area contributed by atoms with Crippen LogP contribution in [0.5, 0.6) is 6.08 Å². The van der Waals surface area contributed by atoms with Crippen molar-refractivity contribution in [1.82, 2.24) is 9.88 Å². The van der Waals surface area contributed by atoms with Crippen molar-refractivity contribution in [2.75, 3.05) is 13.2 Å². The molecule has 2 heterocycles. The largest absolute Gasteiger partial charge is 0.450 e. The highest BCUT2D eigenvalue weighted by molar-refractivity contribution is 5.75. The van der Waals surface area contributed by atoms with Gasteiger partial charge in [0.05, 0.1) is 11.5 Å². The third kappa shape index (κ3) is 4.90. The van der Waals surface area contributed by atoms with Crippen molar-refractivity contribution in [2.45, 2.75) is 58.1 Å². The summed E-state index contributed by atoms with van der Waals surface area (Å²) in [4.78, 5) is 28.7. The van der Waals surface area contributed by atoms with Gasteiger partial charge < -0.3 is 18.8 Å². The average Bonchev–Trinajstić information content (AvgIpc) is 3.02. The first-order valence-electron chi connectivity index (χ1n) is 9.40. The molecule has 0 spiro atoms. The van der Waals surface area contributed by atoms with Gasteiger partial charge in [0, 0.05) is 31.1 Å². The number of hydrogen-bond donors (Lipinski definition) is 0. The smallest absolute Gasteiger partial charge is 0.410 e. The molecule has 1 aromatic heterocycles. The van der Waals surface area contributed by atoms with E-state index < -0.39 is 10.5 Å². The molecule has 1 aliphatic rings. The molecule has 3 rings (SSSR count). The van der Waals surface area contributed by atoms with E-state index in [1.54, 1.807) is 4.90 Å². The molecule has 9 heteroatoms. The predicted octanol–water partition coefficient (Wildman–Crippen LogP) is 4.29. The van der Waals surface area contributed by atoms with Crippen LogP contribution in [0.2, 0.25) is 0 Å². The molecular weight excluding hydrogens is 366 g/mol. The van der Waals surface area contributed by atoms with Crippen molar-refractivity contribution in [3.05, 3.63) is 28.3 Å². The Labute approximate surface area is 162 Å². The Balaban J connectivity index is 1.59. The molecule has 1 saturated heterocycles. The van der Waals surface area contributed by atoms with Gasteiger partial charge in [-0.2, -0.15) is 4.98 Å². The minimum absolute atomic E-state index is 0.0362. The van der Waals surface area contributed by atoms with Crippen molar-refractivity contribution in [2.24, 2.45) is 0 Å². The first-order valence-corrected chi connectivity index (χ1v) is 9.40. The summed E-state index contributed by atoms with van der Waals surface area (Å²) >= 11 is 0. The van der Waals surface area contributed by atoms with E-state index in [2.05, 4.69) is 4.98 Å². The van der Waals surface area contributed by atoms with Crippen molar-refractivity contribution < 1.29 is 23.6 Å². The molecule has 0 N–H and O–H groups in total. The number of benzene rings is 1. The van der Waals surface area contributed by atoms with E-state index in [0.29, 0.717) is 30.7 Å². The molecule has 2 aromatic rings. The molecule has 0 radical (unpaired) electrons. The zero-order chi connectivity index (χ0) is 20.3. The molecule has 1 fully saturated rings. The number of nitro benzene ring substituents is 1. The lowest BCUT2D eigenvalue weighted by Crippen LogP contribution is -2.46. The lowest BCUT2D eigenvalue weighted by Gasteiger charge is -2.36. The number of hydrogen-bond acceptors (Lipinski definition) is 7. The summed E-state index contributed by atoms with van der Waals surface area (Å²) in [7, 11) is 0. The van der Waals surface area contributed by atoms with Crippen LogP contribution in [0.1, 0.15) is 46.5 Å². The second kappa shape index (κ2) is 8.04. The first-order chi connectivity index (χ1) is 13.2. The zero-order valence-electron chi connectivity index (χ0n) is 16.3. The zero-order valence-corrected chi connectivity index (χ0v) is 16.3. The number of likely N-dealkylation sites (tertiary alicyclic amines) is 1. The Bertz CT molecular complexity index is 857. The summed E-state index contributed by atoms with van der Waals surface area (Å²) in [6.07, 6.45) is 3.29. The lowest BCUT2D eigenvalue weighted by molar-refractivity contribution is -0.384. The van der Waals surface area contributed by atoms with Crippen LogP contribution in [-0.2, 0) is 4.74 Å². The molecule has 1 atom stereocenters. The summed E-state index contributed by atoms with van der Waals surface area (Å²) in [5.74, 6) is 0. The Morgan fingerprint density at radius 1 is 1.39 bits per heavy atom. The molecule has 0 aliphatic carbocycles. The van der Waals surface area contributed by atoms with Gasteiger partial charge in [-0.25, -0.2) is 4.79 Å². The van der Waals surface area contributed by atoms with Crippen LogP contribution >= 0.6 is 0 Å². The quantitative estimate of drug-likeness (QED) is 0.552. The summed E-state index contributed by atoms with van der Waals surface area (Å²) in [6, 6.07) is 4.24. The van der Waals surface area contributed by atoms with E-state index in [4.69, 9.17) is 13.9 Å². The third-order valence-electron chi connectivity index (χ3n) is 4.49. The fourth-order valence-electron chi connectivity index (χ4n) is 3.21. The second-order valence-corrected chi connectivity index (χ2v) is 7.85. The SMILES string of the molecule is CC(C)(C)OC(=O)N1CCCC[C@@H]1CCOc1nc2cc([N+](=O)[O-])ccc2o1. The van der Waals surface area contributed by atoms with Crippen LogP contribution in [0.3, 0.4) is 0 Å². The topological polar surface area (TPSA) is 108 Å². The Kier molecular flexibility index (Phi) is 5.71. The number of nitrogens with zero attached hydrogens (tertiary/aromatic N) is 3. The fraction of sp³-hybridized carbons (Fsp3) is 0.579. The lowest BCUT2D eigenvalue weighted by atomic mass is 10.0. The van der Waals surface area contributed by atoms with Gasteiger partial charge >= 0.3 is 12.2 Å². The van der Waals surface area contributed by atoms with E-state index in [9.17, 15) is 14.9 Å². The predicted molar refractivity (Wildman–Crippen MR) is 101 cm³/mol. The van der Waals surface area contributed by atoms with Crippen LogP contribution in [0, 0.1) is 10.1 Å². The monoisotopic (exact) mass is 391 g/mol. The van der Waals surface area contributed by atoms with Crippen molar-refractivity contribution in [3.63, 3.8) is 0 Å². The molecule has 1 aliphatic heterocycles. The molecule has 9 nitrogen and oxygen atoms in total. The first kappa shape index (κ1) is 19.9. The van der Waals surface area contributed by atoms with E-state index in [-0.39, 0.29) is 23.9 Å². The van der Waals surface area contributed by atoms with Gasteiger partial charge in [0.1, 0.15) is 11.1 Å².